The molecule has 0 aliphatic carbocycles. The molecule has 0 rings (SSSR count). The molecule has 0 saturated heterocycles. The van der Waals surface area contributed by atoms with Gasteiger partial charge in [0.15, 0.2) is 0 Å². The lowest BCUT2D eigenvalue weighted by molar-refractivity contribution is 1.29. The zero-order chi connectivity index (χ0) is 8.15. The lowest BCUT2D eigenvalue weighted by Crippen LogP contribution is -1.90. The van der Waals surface area contributed by atoms with Gasteiger partial charge in [0, 0.05) is 11.4 Å². The van der Waals surface area contributed by atoms with E-state index in [4.69, 9.17) is 0 Å². The number of hydrogen-bond donors (Lipinski definition) is 0. The summed E-state index contributed by atoms with van der Waals surface area (Å²) in [5, 5.41) is 0. The quantitative estimate of drug-likeness (QED) is 0.392. The first-order chi connectivity index (χ1) is 4.52. The van der Waals surface area contributed by atoms with E-state index in [0.29, 0.717) is 0 Å². The van der Waals surface area contributed by atoms with Gasteiger partial charge in [-0.25, -0.2) is 9.98 Å². The predicted molar refractivity (Wildman–Crippen MR) is 46.7 cm³/mol. The molecule has 2 nitrogen and oxygen atoms in total. The third-order valence-electron chi connectivity index (χ3n) is 0.738. The van der Waals surface area contributed by atoms with Gasteiger partial charge in [0.25, 0.3) is 0 Å². The van der Waals surface area contributed by atoms with E-state index >= 15 is 0 Å². The maximum absolute atomic E-state index is 4.12. The van der Waals surface area contributed by atoms with E-state index in [9.17, 15) is 0 Å². The zero-order valence-electron chi connectivity index (χ0n) is 7.10. The highest BCUT2D eigenvalue weighted by molar-refractivity contribution is 5.94. The maximum Gasteiger partial charge on any atom is 0.125 e. The summed E-state index contributed by atoms with van der Waals surface area (Å²) < 4.78 is 0. The van der Waals surface area contributed by atoms with Crippen LogP contribution in [0.25, 0.3) is 0 Å². The first-order valence-electron chi connectivity index (χ1n) is 3.25. The number of aliphatic imine (C=N–C) groups is 2. The van der Waals surface area contributed by atoms with E-state index < -0.39 is 0 Å². The van der Waals surface area contributed by atoms with Crippen molar-refractivity contribution in [1.82, 2.24) is 0 Å². The summed E-state index contributed by atoms with van der Waals surface area (Å²) in [7, 11) is 0. The highest BCUT2D eigenvalue weighted by atomic mass is 14.9. The Labute approximate surface area is 62.4 Å². The summed E-state index contributed by atoms with van der Waals surface area (Å²) in [6.45, 7) is 11.2. The van der Waals surface area contributed by atoms with Gasteiger partial charge in [-0.15, -0.1) is 0 Å². The van der Waals surface area contributed by atoms with Crippen LogP contribution in [0.2, 0.25) is 0 Å². The number of hydrogen-bond acceptors (Lipinski definition) is 1. The second kappa shape index (κ2) is 3.99. The van der Waals surface area contributed by atoms with Crippen LogP contribution in [0.4, 0.5) is 0 Å². The summed E-state index contributed by atoms with van der Waals surface area (Å²) in [6.07, 6.45) is 0. The van der Waals surface area contributed by atoms with Gasteiger partial charge < -0.3 is 0 Å². The Morgan fingerprint density at radius 3 is 1.80 bits per heavy atom. The summed E-state index contributed by atoms with van der Waals surface area (Å²) >= 11 is 0. The van der Waals surface area contributed by atoms with E-state index in [1.807, 2.05) is 27.7 Å². The van der Waals surface area contributed by atoms with Crippen molar-refractivity contribution < 1.29 is 0 Å². The molecule has 0 bridgehead atoms. The monoisotopic (exact) mass is 138 g/mol. The molecule has 2 heteroatoms. The van der Waals surface area contributed by atoms with E-state index in [1.165, 1.54) is 0 Å². The molecule has 0 aliphatic heterocycles. The van der Waals surface area contributed by atoms with Crippen LogP contribution in [0.15, 0.2) is 22.3 Å². The lowest BCUT2D eigenvalue weighted by Gasteiger charge is -1.92. The molecular formula is C8H14N2. The second-order valence-corrected chi connectivity index (χ2v) is 2.45. The first kappa shape index (κ1) is 9.08. The van der Waals surface area contributed by atoms with Crippen LogP contribution >= 0.6 is 0 Å². The highest BCUT2D eigenvalue weighted by Crippen LogP contribution is 1.91. The molecule has 0 unspecified atom stereocenters. The smallest absolute Gasteiger partial charge is 0.125 e. The van der Waals surface area contributed by atoms with Gasteiger partial charge in [-0.3, -0.25) is 0 Å². The predicted octanol–water partition coefficient (Wildman–Crippen LogP) is 2.42. The third-order valence-corrected chi connectivity index (χ3v) is 0.738. The number of amidine groups is 1. The van der Waals surface area contributed by atoms with Crippen molar-refractivity contribution in [2.45, 2.75) is 27.7 Å². The molecular weight excluding hydrogens is 124 g/mol. The molecule has 0 saturated carbocycles. The Bertz CT molecular complexity index is 183. The van der Waals surface area contributed by atoms with Gasteiger partial charge in [0.2, 0.25) is 0 Å². The molecule has 10 heavy (non-hydrogen) atoms. The molecule has 0 fully saturated rings. The maximum atomic E-state index is 4.12. The number of rotatable bonds is 1. The minimum absolute atomic E-state index is 0.771. The average Bonchev–Trinajstić information content (AvgIpc) is 1.58. The average molecular weight is 138 g/mol. The molecule has 0 atom stereocenters. The molecule has 0 heterocycles. The molecule has 0 aromatic heterocycles. The molecule has 0 aromatic rings. The molecule has 0 radical (unpaired) electrons. The van der Waals surface area contributed by atoms with Crippen molar-refractivity contribution in [2.75, 3.05) is 0 Å². The molecule has 0 aromatic carbocycles. The van der Waals surface area contributed by atoms with Crippen LogP contribution in [0.3, 0.4) is 0 Å². The SMILES string of the molecule is C=C(C)N=C(C)N=C(C)C. The summed E-state index contributed by atoms with van der Waals surface area (Å²) in [5.74, 6) is 0.771. The van der Waals surface area contributed by atoms with Crippen molar-refractivity contribution in [1.29, 1.82) is 0 Å². The molecule has 56 valence electrons. The Hall–Kier alpha value is -0.920. The topological polar surface area (TPSA) is 24.7 Å². The fraction of sp³-hybridized carbons (Fsp3) is 0.500. The molecule has 0 amide bonds. The van der Waals surface area contributed by atoms with Crippen molar-refractivity contribution in [3.05, 3.63) is 12.3 Å². The minimum Gasteiger partial charge on any atom is -0.243 e. The van der Waals surface area contributed by atoms with Crippen LogP contribution in [-0.2, 0) is 0 Å². The molecule has 0 N–H and O–H groups in total. The largest absolute Gasteiger partial charge is 0.243 e. The normalized spacial score (nSPS) is 11.0. The minimum atomic E-state index is 0.771. The van der Waals surface area contributed by atoms with Crippen molar-refractivity contribution >= 4 is 11.5 Å². The Morgan fingerprint density at radius 1 is 1.00 bits per heavy atom. The Kier molecular flexibility index (Phi) is 3.62. The Morgan fingerprint density at radius 2 is 1.50 bits per heavy atom. The summed E-state index contributed by atoms with van der Waals surface area (Å²) in [5.41, 5.74) is 1.81. The van der Waals surface area contributed by atoms with Gasteiger partial charge in [0.05, 0.1) is 0 Å². The van der Waals surface area contributed by atoms with E-state index in [0.717, 1.165) is 17.2 Å². The van der Waals surface area contributed by atoms with Gasteiger partial charge in [-0.2, -0.15) is 0 Å². The standard InChI is InChI=1S/C8H14N2/c1-6(2)9-8(5)10-7(3)4/h1H2,2-5H3. The third kappa shape index (κ3) is 5.22. The van der Waals surface area contributed by atoms with Gasteiger partial charge in [-0.05, 0) is 27.7 Å². The van der Waals surface area contributed by atoms with Crippen molar-refractivity contribution in [3.63, 3.8) is 0 Å². The van der Waals surface area contributed by atoms with Crippen LogP contribution < -0.4 is 0 Å². The fourth-order valence-electron chi connectivity index (χ4n) is 0.625. The van der Waals surface area contributed by atoms with Gasteiger partial charge >= 0.3 is 0 Å². The van der Waals surface area contributed by atoms with Crippen LogP contribution in [0.1, 0.15) is 27.7 Å². The number of nitrogens with zero attached hydrogens (tertiary/aromatic N) is 2. The van der Waals surface area contributed by atoms with Crippen molar-refractivity contribution in [3.8, 4) is 0 Å². The van der Waals surface area contributed by atoms with Gasteiger partial charge in [-0.1, -0.05) is 6.58 Å². The van der Waals surface area contributed by atoms with Gasteiger partial charge in [0.1, 0.15) is 5.84 Å². The zero-order valence-corrected chi connectivity index (χ0v) is 7.10. The highest BCUT2D eigenvalue weighted by Gasteiger charge is 1.84. The molecule has 0 aliphatic rings. The van der Waals surface area contributed by atoms with Crippen LogP contribution in [0, 0.1) is 0 Å². The summed E-state index contributed by atoms with van der Waals surface area (Å²) in [4.78, 5) is 8.18. The van der Waals surface area contributed by atoms with Crippen LogP contribution in [-0.4, -0.2) is 11.5 Å². The lowest BCUT2D eigenvalue weighted by atomic mass is 10.5. The van der Waals surface area contributed by atoms with E-state index in [1.54, 1.807) is 0 Å². The fourth-order valence-corrected chi connectivity index (χ4v) is 0.625. The van der Waals surface area contributed by atoms with E-state index in [2.05, 4.69) is 16.6 Å². The summed E-state index contributed by atoms with van der Waals surface area (Å²) in [6, 6.07) is 0. The second-order valence-electron chi connectivity index (χ2n) is 2.45. The Balaban J connectivity index is 4.22. The number of allylic oxidation sites excluding steroid dienone is 1. The first-order valence-corrected chi connectivity index (χ1v) is 3.25. The van der Waals surface area contributed by atoms with Crippen LogP contribution in [0.5, 0.6) is 0 Å². The van der Waals surface area contributed by atoms with Crippen molar-refractivity contribution in [2.24, 2.45) is 9.98 Å². The molecule has 0 spiro atoms. The van der Waals surface area contributed by atoms with E-state index in [-0.39, 0.29) is 0 Å².